The number of hydrogen-bond donors (Lipinski definition) is 0. The summed E-state index contributed by atoms with van der Waals surface area (Å²) in [7, 11) is 1.96. The van der Waals surface area contributed by atoms with Gasteiger partial charge in [0.1, 0.15) is 18.2 Å². The molecule has 0 N–H and O–H groups in total. The van der Waals surface area contributed by atoms with Crippen LogP contribution in [0, 0.1) is 5.82 Å². The van der Waals surface area contributed by atoms with E-state index in [4.69, 9.17) is 9.26 Å². The normalized spacial score (nSPS) is 11.0. The minimum atomic E-state index is -0.265. The smallest absolute Gasteiger partial charge is 0.240 e. The molecule has 1 aromatic heterocycles. The Hall–Kier alpha value is -1.95. The third kappa shape index (κ3) is 5.15. The lowest BCUT2D eigenvalue weighted by molar-refractivity contribution is 0.212. The van der Waals surface area contributed by atoms with Crippen LogP contribution in [0.2, 0.25) is 0 Å². The highest BCUT2D eigenvalue weighted by Gasteiger charge is 2.08. The first-order chi connectivity index (χ1) is 10.2. The van der Waals surface area contributed by atoms with Crippen LogP contribution in [0.4, 0.5) is 4.39 Å². The lowest BCUT2D eigenvalue weighted by atomic mass is 10.3. The maximum absolute atomic E-state index is 12.7. The zero-order valence-electron chi connectivity index (χ0n) is 12.4. The average molecular weight is 293 g/mol. The van der Waals surface area contributed by atoms with Crippen molar-refractivity contribution in [3.63, 3.8) is 0 Å². The van der Waals surface area contributed by atoms with E-state index >= 15 is 0 Å². The molecule has 0 amide bonds. The Kier molecular flexibility index (Phi) is 5.68. The Bertz CT molecular complexity index is 542. The Labute approximate surface area is 123 Å². The molecule has 1 heterocycles. The van der Waals surface area contributed by atoms with Crippen LogP contribution in [0.15, 0.2) is 28.8 Å². The molecule has 21 heavy (non-hydrogen) atoms. The predicted octanol–water partition coefficient (Wildman–Crippen LogP) is 2.67. The van der Waals surface area contributed by atoms with Crippen LogP contribution in [-0.4, -0.2) is 35.2 Å². The second kappa shape index (κ2) is 7.73. The largest absolute Gasteiger partial charge is 0.492 e. The predicted molar refractivity (Wildman–Crippen MR) is 76.5 cm³/mol. The van der Waals surface area contributed by atoms with Crippen LogP contribution in [0.1, 0.15) is 25.1 Å². The molecule has 1 aromatic carbocycles. The number of rotatable bonds is 8. The van der Waals surface area contributed by atoms with Gasteiger partial charge >= 0.3 is 0 Å². The molecule has 0 saturated heterocycles. The lowest BCUT2D eigenvalue weighted by Crippen LogP contribution is -2.24. The Morgan fingerprint density at radius 2 is 2.05 bits per heavy atom. The highest BCUT2D eigenvalue weighted by Crippen LogP contribution is 2.11. The van der Waals surface area contributed by atoms with Gasteiger partial charge in [-0.15, -0.1) is 0 Å². The number of likely N-dealkylation sites (N-methyl/N-ethyl adjacent to an activating group) is 1. The van der Waals surface area contributed by atoms with Gasteiger partial charge in [-0.1, -0.05) is 12.1 Å². The van der Waals surface area contributed by atoms with E-state index in [1.54, 1.807) is 12.1 Å². The summed E-state index contributed by atoms with van der Waals surface area (Å²) in [6.45, 7) is 3.89. The maximum atomic E-state index is 12.7. The minimum Gasteiger partial charge on any atom is -0.492 e. The van der Waals surface area contributed by atoms with E-state index in [2.05, 4.69) is 17.1 Å². The molecule has 0 aliphatic heterocycles. The molecule has 0 saturated carbocycles. The monoisotopic (exact) mass is 293 g/mol. The molecule has 6 heteroatoms. The first-order valence-electron chi connectivity index (χ1n) is 7.05. The first-order valence-corrected chi connectivity index (χ1v) is 7.05. The summed E-state index contributed by atoms with van der Waals surface area (Å²) < 4.78 is 23.5. The molecule has 5 nitrogen and oxygen atoms in total. The van der Waals surface area contributed by atoms with Crippen LogP contribution in [0.3, 0.4) is 0 Å². The second-order valence-electron chi connectivity index (χ2n) is 4.89. The van der Waals surface area contributed by atoms with Crippen LogP contribution < -0.4 is 4.74 Å². The van der Waals surface area contributed by atoms with Crippen molar-refractivity contribution in [2.75, 3.05) is 20.2 Å². The third-order valence-corrected chi connectivity index (χ3v) is 2.94. The van der Waals surface area contributed by atoms with Gasteiger partial charge in [0, 0.05) is 13.0 Å². The Morgan fingerprint density at radius 1 is 1.29 bits per heavy atom. The van der Waals surface area contributed by atoms with Gasteiger partial charge in [-0.05, 0) is 37.7 Å². The summed E-state index contributed by atoms with van der Waals surface area (Å²) in [5.41, 5.74) is 0. The van der Waals surface area contributed by atoms with Crippen LogP contribution in [0.5, 0.6) is 5.75 Å². The molecule has 0 atom stereocenters. The fourth-order valence-corrected chi connectivity index (χ4v) is 1.84. The summed E-state index contributed by atoms with van der Waals surface area (Å²) in [6.07, 6.45) is 1.83. The molecule has 0 radical (unpaired) electrons. The van der Waals surface area contributed by atoms with E-state index in [0.29, 0.717) is 31.3 Å². The SMILES string of the molecule is CCCc1noc(CN(C)CCOc2ccc(F)cc2)n1. The number of hydrogen-bond acceptors (Lipinski definition) is 5. The highest BCUT2D eigenvalue weighted by molar-refractivity contribution is 5.21. The average Bonchev–Trinajstić information content (AvgIpc) is 2.89. The number of aromatic nitrogens is 2. The second-order valence-corrected chi connectivity index (χ2v) is 4.89. The van der Waals surface area contributed by atoms with Gasteiger partial charge in [-0.2, -0.15) is 4.98 Å². The number of halogens is 1. The summed E-state index contributed by atoms with van der Waals surface area (Å²) in [4.78, 5) is 6.35. The Balaban J connectivity index is 1.71. The molecule has 2 rings (SSSR count). The number of nitrogens with zero attached hydrogens (tertiary/aromatic N) is 3. The van der Waals surface area contributed by atoms with Crippen molar-refractivity contribution >= 4 is 0 Å². The quantitative estimate of drug-likeness (QED) is 0.749. The molecular formula is C15H20FN3O2. The van der Waals surface area contributed by atoms with E-state index < -0.39 is 0 Å². The van der Waals surface area contributed by atoms with Gasteiger partial charge in [0.2, 0.25) is 5.89 Å². The van der Waals surface area contributed by atoms with E-state index in [9.17, 15) is 4.39 Å². The van der Waals surface area contributed by atoms with Crippen LogP contribution >= 0.6 is 0 Å². The Morgan fingerprint density at radius 3 is 2.76 bits per heavy atom. The topological polar surface area (TPSA) is 51.4 Å². The van der Waals surface area contributed by atoms with Crippen molar-refractivity contribution < 1.29 is 13.7 Å². The van der Waals surface area contributed by atoms with Gasteiger partial charge in [0.15, 0.2) is 5.82 Å². The maximum Gasteiger partial charge on any atom is 0.240 e. The fraction of sp³-hybridized carbons (Fsp3) is 0.467. The summed E-state index contributed by atoms with van der Waals surface area (Å²) in [5.74, 6) is 1.76. The standard InChI is InChI=1S/C15H20FN3O2/c1-3-4-14-17-15(21-18-14)11-19(2)9-10-20-13-7-5-12(16)6-8-13/h5-8H,3-4,9-11H2,1-2H3. The lowest BCUT2D eigenvalue weighted by Gasteiger charge is -2.14. The van der Waals surface area contributed by atoms with Gasteiger partial charge in [-0.25, -0.2) is 4.39 Å². The molecule has 0 fully saturated rings. The number of aryl methyl sites for hydroxylation is 1. The summed E-state index contributed by atoms with van der Waals surface area (Å²) >= 11 is 0. The van der Waals surface area contributed by atoms with E-state index in [1.807, 2.05) is 11.9 Å². The van der Waals surface area contributed by atoms with Crippen molar-refractivity contribution in [3.8, 4) is 5.75 Å². The minimum absolute atomic E-state index is 0.265. The van der Waals surface area contributed by atoms with Crippen molar-refractivity contribution in [1.29, 1.82) is 0 Å². The fourth-order valence-electron chi connectivity index (χ4n) is 1.84. The number of benzene rings is 1. The van der Waals surface area contributed by atoms with Crippen LogP contribution in [-0.2, 0) is 13.0 Å². The van der Waals surface area contributed by atoms with Gasteiger partial charge in [-0.3, -0.25) is 4.90 Å². The molecule has 0 bridgehead atoms. The van der Waals surface area contributed by atoms with Gasteiger partial charge in [0.25, 0.3) is 0 Å². The zero-order chi connectivity index (χ0) is 15.1. The number of ether oxygens (including phenoxy) is 1. The third-order valence-electron chi connectivity index (χ3n) is 2.94. The molecule has 0 spiro atoms. The van der Waals surface area contributed by atoms with Gasteiger partial charge in [0.05, 0.1) is 6.54 Å². The molecule has 0 aliphatic rings. The van der Waals surface area contributed by atoms with E-state index in [-0.39, 0.29) is 5.82 Å². The zero-order valence-corrected chi connectivity index (χ0v) is 12.4. The molecule has 114 valence electrons. The van der Waals surface area contributed by atoms with Crippen molar-refractivity contribution in [1.82, 2.24) is 15.0 Å². The van der Waals surface area contributed by atoms with Crippen molar-refractivity contribution in [3.05, 3.63) is 41.8 Å². The molecule has 0 aliphatic carbocycles. The first kappa shape index (κ1) is 15.4. The molecular weight excluding hydrogens is 273 g/mol. The van der Waals surface area contributed by atoms with E-state index in [0.717, 1.165) is 18.7 Å². The highest BCUT2D eigenvalue weighted by atomic mass is 19.1. The summed E-state index contributed by atoms with van der Waals surface area (Å²) in [6, 6.07) is 5.99. The van der Waals surface area contributed by atoms with Gasteiger partial charge < -0.3 is 9.26 Å². The van der Waals surface area contributed by atoms with Crippen molar-refractivity contribution in [2.24, 2.45) is 0 Å². The molecule has 2 aromatic rings. The van der Waals surface area contributed by atoms with Crippen LogP contribution in [0.25, 0.3) is 0 Å². The van der Waals surface area contributed by atoms with E-state index in [1.165, 1.54) is 12.1 Å². The molecule has 0 unspecified atom stereocenters. The van der Waals surface area contributed by atoms with Crippen molar-refractivity contribution in [2.45, 2.75) is 26.3 Å². The summed E-state index contributed by atoms with van der Waals surface area (Å²) in [5, 5.41) is 3.92.